The molecular weight excluding hydrogens is 486 g/mol. The molecule has 192 valence electrons. The molecule has 0 aliphatic carbocycles. The monoisotopic (exact) mass is 510 g/mol. The minimum Gasteiger partial charge on any atom is -0.494 e. The number of unbranched alkanes of at least 4 members (excludes halogenated alkanes) is 2. The largest absolute Gasteiger partial charge is 0.494 e. The van der Waals surface area contributed by atoms with Gasteiger partial charge in [-0.1, -0.05) is 42.0 Å². The van der Waals surface area contributed by atoms with E-state index in [1.807, 2.05) is 12.2 Å². The summed E-state index contributed by atoms with van der Waals surface area (Å²) in [5.74, 6) is -0.864. The van der Waals surface area contributed by atoms with Crippen LogP contribution in [0.1, 0.15) is 48.8 Å². The van der Waals surface area contributed by atoms with Crippen LogP contribution in [0.4, 0.5) is 26.3 Å². The Morgan fingerprint density at radius 3 is 2.17 bits per heavy atom. The molecule has 1 atom stereocenters. The van der Waals surface area contributed by atoms with Gasteiger partial charge in [-0.25, -0.2) is 0 Å². The molecule has 0 saturated carbocycles. The first-order chi connectivity index (χ1) is 16.9. The van der Waals surface area contributed by atoms with Gasteiger partial charge in [0.15, 0.2) is 5.54 Å². The maximum Gasteiger partial charge on any atom is 0.416 e. The number of nitrogens with one attached hydrogen (secondary N) is 1. The van der Waals surface area contributed by atoms with Crippen LogP contribution in [0.3, 0.4) is 0 Å². The molecule has 36 heavy (non-hydrogen) atoms. The quantitative estimate of drug-likeness (QED) is 0.316. The second-order valence-corrected chi connectivity index (χ2v) is 8.66. The maximum absolute atomic E-state index is 14.5. The van der Waals surface area contributed by atoms with Crippen LogP contribution in [0.15, 0.2) is 54.1 Å². The number of carbonyl (C=O) groups excluding carboxylic acids is 1. The fourth-order valence-corrected chi connectivity index (χ4v) is 4.05. The zero-order chi connectivity index (χ0) is 26.6. The average molecular weight is 510 g/mol. The number of nitriles is 1. The number of aryl methyl sites for hydroxylation is 1. The summed E-state index contributed by atoms with van der Waals surface area (Å²) in [6.45, 7) is 1.92. The third-order valence-electron chi connectivity index (χ3n) is 6.01. The van der Waals surface area contributed by atoms with Gasteiger partial charge in [-0.3, -0.25) is 4.79 Å². The topological polar surface area (TPSA) is 62.1 Å². The van der Waals surface area contributed by atoms with E-state index in [1.165, 1.54) is 24.3 Å². The second-order valence-electron chi connectivity index (χ2n) is 8.66. The molecule has 0 aromatic heterocycles. The lowest BCUT2D eigenvalue weighted by molar-refractivity contribution is -0.201. The van der Waals surface area contributed by atoms with Crippen LogP contribution in [0.25, 0.3) is 5.57 Å². The summed E-state index contributed by atoms with van der Waals surface area (Å²) in [5.41, 5.74) is -2.15. The predicted octanol–water partition coefficient (Wildman–Crippen LogP) is 6.75. The van der Waals surface area contributed by atoms with Gasteiger partial charge in [0.25, 0.3) is 5.91 Å². The Morgan fingerprint density at radius 1 is 0.972 bits per heavy atom. The van der Waals surface area contributed by atoms with Gasteiger partial charge in [0, 0.05) is 12.8 Å². The zero-order valence-electron chi connectivity index (χ0n) is 19.4. The highest BCUT2D eigenvalue weighted by Gasteiger charge is 2.59. The molecule has 0 saturated heterocycles. The van der Waals surface area contributed by atoms with Crippen molar-refractivity contribution in [1.82, 2.24) is 5.32 Å². The highest BCUT2D eigenvalue weighted by molar-refractivity contribution is 6.07. The minimum absolute atomic E-state index is 0.00208. The third-order valence-corrected chi connectivity index (χ3v) is 6.01. The number of alkyl halides is 6. The lowest BCUT2D eigenvalue weighted by atomic mass is 9.76. The minimum atomic E-state index is -4.89. The van der Waals surface area contributed by atoms with Gasteiger partial charge in [0.2, 0.25) is 0 Å². The Labute approximate surface area is 204 Å². The van der Waals surface area contributed by atoms with E-state index < -0.39 is 36.6 Å². The fourth-order valence-electron chi connectivity index (χ4n) is 4.05. The molecule has 0 fully saturated rings. The number of amides is 1. The van der Waals surface area contributed by atoms with Gasteiger partial charge in [0.1, 0.15) is 17.4 Å². The summed E-state index contributed by atoms with van der Waals surface area (Å²) >= 11 is 0. The van der Waals surface area contributed by atoms with Crippen molar-refractivity contribution >= 4 is 11.5 Å². The number of benzene rings is 2. The molecule has 0 radical (unpaired) electrons. The number of nitrogens with zero attached hydrogens (tertiary/aromatic N) is 1. The van der Waals surface area contributed by atoms with Crippen LogP contribution in [-0.2, 0) is 10.3 Å². The first-order valence-corrected chi connectivity index (χ1v) is 11.3. The molecule has 0 spiro atoms. The molecule has 4 nitrogen and oxygen atoms in total. The number of hydrogen-bond acceptors (Lipinski definition) is 3. The highest BCUT2D eigenvalue weighted by Crippen LogP contribution is 2.48. The molecular formula is C26H24F6N2O2. The second kappa shape index (κ2) is 10.6. The summed E-state index contributed by atoms with van der Waals surface area (Å²) < 4.78 is 85.5. The smallest absolute Gasteiger partial charge is 0.416 e. The van der Waals surface area contributed by atoms with E-state index in [-0.39, 0.29) is 35.5 Å². The number of rotatable bonds is 8. The van der Waals surface area contributed by atoms with Crippen molar-refractivity contribution in [2.75, 3.05) is 6.61 Å². The Hall–Kier alpha value is -3.48. The van der Waals surface area contributed by atoms with E-state index in [0.717, 1.165) is 5.56 Å². The molecule has 2 aromatic carbocycles. The number of ether oxygens (including phenoxy) is 1. The van der Waals surface area contributed by atoms with Crippen molar-refractivity contribution in [1.29, 1.82) is 5.26 Å². The van der Waals surface area contributed by atoms with Crippen molar-refractivity contribution in [2.24, 2.45) is 0 Å². The molecule has 1 aliphatic rings. The van der Waals surface area contributed by atoms with Gasteiger partial charge < -0.3 is 10.1 Å². The Balaban J connectivity index is 1.81. The lowest BCUT2D eigenvalue weighted by Crippen LogP contribution is -2.58. The highest BCUT2D eigenvalue weighted by atomic mass is 19.4. The van der Waals surface area contributed by atoms with Crippen molar-refractivity contribution in [3.8, 4) is 11.8 Å². The summed E-state index contributed by atoms with van der Waals surface area (Å²) in [7, 11) is 0. The van der Waals surface area contributed by atoms with Gasteiger partial charge in [-0.15, -0.1) is 0 Å². The lowest BCUT2D eigenvalue weighted by Gasteiger charge is -2.40. The molecule has 1 N–H and O–H groups in total. The molecule has 0 bridgehead atoms. The van der Waals surface area contributed by atoms with Gasteiger partial charge in [-0.05, 0) is 55.0 Å². The van der Waals surface area contributed by atoms with Gasteiger partial charge in [0.05, 0.1) is 6.61 Å². The van der Waals surface area contributed by atoms with Crippen molar-refractivity contribution < 1.29 is 35.9 Å². The predicted molar refractivity (Wildman–Crippen MR) is 121 cm³/mol. The SMILES string of the molecule is Cc1ccc(C2=C(C#N)C(=O)NC(c3ccc(OCCCCCC(F)(F)F)cc3)(C(F)(F)F)C2)cc1. The van der Waals surface area contributed by atoms with Crippen LogP contribution in [0.2, 0.25) is 0 Å². The van der Waals surface area contributed by atoms with Crippen LogP contribution >= 0.6 is 0 Å². The summed E-state index contributed by atoms with van der Waals surface area (Å²) in [4.78, 5) is 12.7. The van der Waals surface area contributed by atoms with Crippen molar-refractivity contribution in [2.45, 2.75) is 56.9 Å². The molecule has 1 amide bonds. The van der Waals surface area contributed by atoms with Crippen LogP contribution in [0, 0.1) is 18.3 Å². The molecule has 1 unspecified atom stereocenters. The Bertz CT molecular complexity index is 1150. The standard InChI is InChI=1S/C26H24F6N2O2/c1-17-5-7-18(8-6-17)21-15-24(26(30,31)32,34-23(35)22(21)16-33)19-9-11-20(12-10-19)36-14-4-2-3-13-25(27,28)29/h5-12H,2-4,13-15H2,1H3,(H,34,35). The molecule has 2 aromatic rings. The fraction of sp³-hybridized carbons (Fsp3) is 0.385. The van der Waals surface area contributed by atoms with Crippen LogP contribution in [0.5, 0.6) is 5.75 Å². The first-order valence-electron chi connectivity index (χ1n) is 11.3. The first kappa shape index (κ1) is 27.1. The molecule has 1 heterocycles. The van der Waals surface area contributed by atoms with E-state index in [4.69, 9.17) is 4.74 Å². The molecule has 3 rings (SSSR count). The van der Waals surface area contributed by atoms with Gasteiger partial charge >= 0.3 is 12.4 Å². The van der Waals surface area contributed by atoms with Crippen LogP contribution in [-0.4, -0.2) is 24.9 Å². The van der Waals surface area contributed by atoms with E-state index in [1.54, 1.807) is 30.3 Å². The van der Waals surface area contributed by atoms with Crippen molar-refractivity contribution in [3.05, 3.63) is 70.8 Å². The van der Waals surface area contributed by atoms with E-state index >= 15 is 0 Å². The molecule has 10 heteroatoms. The van der Waals surface area contributed by atoms with Crippen LogP contribution < -0.4 is 10.1 Å². The van der Waals surface area contributed by atoms with Gasteiger partial charge in [-0.2, -0.15) is 31.6 Å². The zero-order valence-corrected chi connectivity index (χ0v) is 19.4. The number of hydrogen-bond donors (Lipinski definition) is 1. The van der Waals surface area contributed by atoms with E-state index in [0.29, 0.717) is 18.4 Å². The normalized spacial score (nSPS) is 18.6. The summed E-state index contributed by atoms with van der Waals surface area (Å²) in [6.07, 6.45) is -10.0. The average Bonchev–Trinajstić information content (AvgIpc) is 2.80. The van der Waals surface area contributed by atoms with Crippen molar-refractivity contribution in [3.63, 3.8) is 0 Å². The van der Waals surface area contributed by atoms with E-state index in [2.05, 4.69) is 0 Å². The van der Waals surface area contributed by atoms with E-state index in [9.17, 15) is 36.4 Å². The summed E-state index contributed by atoms with van der Waals surface area (Å²) in [5, 5.41) is 11.5. The number of carbonyl (C=O) groups is 1. The Kier molecular flexibility index (Phi) is 8.02. The summed E-state index contributed by atoms with van der Waals surface area (Å²) in [6, 6.07) is 13.3. The third kappa shape index (κ3) is 6.20. The maximum atomic E-state index is 14.5. The molecule has 1 aliphatic heterocycles. The number of halogens is 6. The Morgan fingerprint density at radius 2 is 1.61 bits per heavy atom.